The van der Waals surface area contributed by atoms with Gasteiger partial charge in [-0.1, -0.05) is 30.3 Å². The molecule has 0 fully saturated rings. The quantitative estimate of drug-likeness (QED) is 0.664. The highest BCUT2D eigenvalue weighted by Crippen LogP contribution is 2.17. The summed E-state index contributed by atoms with van der Waals surface area (Å²) in [5.74, 6) is 0.314. The maximum atomic E-state index is 11.2. The molecule has 2 aromatic rings. The Morgan fingerprint density at radius 2 is 2.14 bits per heavy atom. The van der Waals surface area contributed by atoms with Crippen molar-refractivity contribution in [2.45, 2.75) is 20.3 Å². The molecule has 0 spiro atoms. The smallest absolute Gasteiger partial charge is 0.254 e. The topological polar surface area (TPSA) is 93.9 Å². The van der Waals surface area contributed by atoms with Gasteiger partial charge >= 0.3 is 0 Å². The van der Waals surface area contributed by atoms with Crippen LogP contribution in [-0.2, 0) is 4.79 Å². The van der Waals surface area contributed by atoms with Gasteiger partial charge in [0.25, 0.3) is 5.91 Å². The molecule has 21 heavy (non-hydrogen) atoms. The third-order valence-corrected chi connectivity index (χ3v) is 2.86. The highest BCUT2D eigenvalue weighted by molar-refractivity contribution is 5.99. The van der Waals surface area contributed by atoms with Gasteiger partial charge in [-0.05, 0) is 13.8 Å². The first kappa shape index (κ1) is 14.5. The molecule has 0 atom stereocenters. The van der Waals surface area contributed by atoms with Gasteiger partial charge in [0.05, 0.1) is 11.8 Å². The number of aromatic amines is 1. The van der Waals surface area contributed by atoms with E-state index in [9.17, 15) is 4.79 Å². The van der Waals surface area contributed by atoms with Gasteiger partial charge in [0, 0.05) is 11.3 Å². The molecule has 1 amide bonds. The summed E-state index contributed by atoms with van der Waals surface area (Å²) >= 11 is 0. The molecule has 0 unspecified atom stereocenters. The first-order chi connectivity index (χ1) is 10.1. The van der Waals surface area contributed by atoms with Gasteiger partial charge in [-0.15, -0.1) is 0 Å². The number of hydrazone groups is 1. The van der Waals surface area contributed by atoms with Gasteiger partial charge in [0.2, 0.25) is 0 Å². The van der Waals surface area contributed by atoms with Crippen molar-refractivity contribution < 1.29 is 4.79 Å². The summed E-state index contributed by atoms with van der Waals surface area (Å²) in [7, 11) is 0. The number of nitriles is 1. The average Bonchev–Trinajstić information content (AvgIpc) is 2.88. The van der Waals surface area contributed by atoms with Gasteiger partial charge in [-0.2, -0.15) is 10.4 Å². The third kappa shape index (κ3) is 3.54. The zero-order chi connectivity index (χ0) is 15.2. The normalized spacial score (nSPS) is 11.0. The second-order valence-electron chi connectivity index (χ2n) is 4.49. The molecule has 0 saturated heterocycles. The Labute approximate surface area is 122 Å². The minimum atomic E-state index is -0.437. The molecule has 0 radical (unpaired) electrons. The highest BCUT2D eigenvalue weighted by atomic mass is 16.2. The number of aryl methyl sites for hydroxylation is 1. The number of carbonyl (C=O) groups is 1. The monoisotopic (exact) mass is 281 g/mol. The predicted molar refractivity (Wildman–Crippen MR) is 79.3 cm³/mol. The summed E-state index contributed by atoms with van der Waals surface area (Å²) in [6.07, 6.45) is -0.217. The molecular formula is C15H15N5O. The molecule has 0 aliphatic heterocycles. The summed E-state index contributed by atoms with van der Waals surface area (Å²) in [6.45, 7) is 3.65. The second-order valence-corrected chi connectivity index (χ2v) is 4.49. The van der Waals surface area contributed by atoms with Gasteiger partial charge in [0.15, 0.2) is 0 Å². The van der Waals surface area contributed by atoms with Crippen LogP contribution in [0.4, 0.5) is 0 Å². The molecule has 6 heteroatoms. The van der Waals surface area contributed by atoms with Crippen molar-refractivity contribution in [2.24, 2.45) is 5.10 Å². The minimum absolute atomic E-state index is 0.217. The van der Waals surface area contributed by atoms with Gasteiger partial charge in [0.1, 0.15) is 17.9 Å². The third-order valence-electron chi connectivity index (χ3n) is 2.86. The van der Waals surface area contributed by atoms with E-state index in [0.29, 0.717) is 11.4 Å². The molecule has 106 valence electrons. The van der Waals surface area contributed by atoms with Crippen LogP contribution in [0.15, 0.2) is 35.4 Å². The van der Waals surface area contributed by atoms with Gasteiger partial charge in [-0.3, -0.25) is 4.79 Å². The Morgan fingerprint density at radius 3 is 2.81 bits per heavy atom. The van der Waals surface area contributed by atoms with E-state index in [1.165, 1.54) is 0 Å². The van der Waals surface area contributed by atoms with Crippen molar-refractivity contribution in [2.75, 3.05) is 0 Å². The second kappa shape index (κ2) is 6.48. The molecule has 0 saturated carbocycles. The lowest BCUT2D eigenvalue weighted by Gasteiger charge is -1.98. The first-order valence-corrected chi connectivity index (χ1v) is 6.44. The number of imidazole rings is 1. The van der Waals surface area contributed by atoms with Crippen LogP contribution in [-0.4, -0.2) is 21.6 Å². The molecule has 6 nitrogen and oxygen atoms in total. The summed E-state index contributed by atoms with van der Waals surface area (Å²) in [4.78, 5) is 18.9. The van der Waals surface area contributed by atoms with Crippen LogP contribution in [0.3, 0.4) is 0 Å². The highest BCUT2D eigenvalue weighted by Gasteiger charge is 2.11. The number of aromatic nitrogens is 2. The van der Waals surface area contributed by atoms with Crippen molar-refractivity contribution in [3.05, 3.63) is 41.7 Å². The molecule has 1 aromatic carbocycles. The zero-order valence-electron chi connectivity index (χ0n) is 11.8. The van der Waals surface area contributed by atoms with Gasteiger partial charge in [-0.25, -0.2) is 10.4 Å². The number of nitrogens with one attached hydrogen (secondary N) is 2. The largest absolute Gasteiger partial charge is 0.342 e. The number of carbonyl (C=O) groups excluding carboxylic acids is 1. The van der Waals surface area contributed by atoms with E-state index in [4.69, 9.17) is 5.26 Å². The van der Waals surface area contributed by atoms with Crippen LogP contribution >= 0.6 is 0 Å². The van der Waals surface area contributed by atoms with Crippen molar-refractivity contribution in [3.63, 3.8) is 0 Å². The standard InChI is InChI=1S/C15H15N5O/c1-10-14(11(2)19-20-13(21)8-9-16)18-15(17-10)12-6-4-3-5-7-12/h3-7H,8H2,1-2H3,(H,17,18)(H,20,21)/b19-11+. The fraction of sp³-hybridized carbons (Fsp3) is 0.200. The maximum absolute atomic E-state index is 11.2. The Kier molecular flexibility index (Phi) is 4.46. The SMILES string of the molecule is C/C(=N\NC(=O)CC#N)c1nc(-c2ccccc2)[nH]c1C. The fourth-order valence-corrected chi connectivity index (χ4v) is 1.86. The summed E-state index contributed by atoms with van der Waals surface area (Å²) in [5, 5.41) is 12.4. The van der Waals surface area contributed by atoms with E-state index in [0.717, 1.165) is 17.1 Å². The van der Waals surface area contributed by atoms with Crippen LogP contribution in [0, 0.1) is 18.3 Å². The number of rotatable bonds is 4. The Morgan fingerprint density at radius 1 is 1.43 bits per heavy atom. The molecule has 2 rings (SSSR count). The molecule has 1 aromatic heterocycles. The number of hydrogen-bond donors (Lipinski definition) is 2. The molecule has 0 bridgehead atoms. The number of nitrogens with zero attached hydrogens (tertiary/aromatic N) is 3. The Bertz CT molecular complexity index is 709. The number of H-pyrrole nitrogens is 1. The van der Waals surface area contributed by atoms with E-state index in [-0.39, 0.29) is 6.42 Å². The zero-order valence-corrected chi connectivity index (χ0v) is 11.8. The Hall–Kier alpha value is -2.94. The minimum Gasteiger partial charge on any atom is -0.342 e. The number of amides is 1. The van der Waals surface area contributed by atoms with Crippen molar-refractivity contribution in [1.82, 2.24) is 15.4 Å². The van der Waals surface area contributed by atoms with E-state index in [1.807, 2.05) is 37.3 Å². The van der Waals surface area contributed by atoms with Crippen LogP contribution < -0.4 is 5.43 Å². The summed E-state index contributed by atoms with van der Waals surface area (Å²) < 4.78 is 0. The van der Waals surface area contributed by atoms with Crippen LogP contribution in [0.1, 0.15) is 24.7 Å². The average molecular weight is 281 g/mol. The van der Waals surface area contributed by atoms with Crippen LogP contribution in [0.2, 0.25) is 0 Å². The predicted octanol–water partition coefficient (Wildman–Crippen LogP) is 2.14. The van der Waals surface area contributed by atoms with Crippen LogP contribution in [0.25, 0.3) is 11.4 Å². The molecule has 1 heterocycles. The first-order valence-electron chi connectivity index (χ1n) is 6.44. The lowest BCUT2D eigenvalue weighted by molar-refractivity contribution is -0.120. The van der Waals surface area contributed by atoms with E-state index < -0.39 is 5.91 Å². The van der Waals surface area contributed by atoms with Crippen LogP contribution in [0.5, 0.6) is 0 Å². The van der Waals surface area contributed by atoms with Crippen molar-refractivity contribution >= 4 is 11.6 Å². The lowest BCUT2D eigenvalue weighted by atomic mass is 10.2. The lowest BCUT2D eigenvalue weighted by Crippen LogP contribution is -2.18. The summed E-state index contributed by atoms with van der Waals surface area (Å²) in [6, 6.07) is 11.5. The molecule has 0 aliphatic rings. The van der Waals surface area contributed by atoms with E-state index in [1.54, 1.807) is 13.0 Å². The van der Waals surface area contributed by atoms with Gasteiger partial charge < -0.3 is 4.98 Å². The van der Waals surface area contributed by atoms with Crippen molar-refractivity contribution in [1.29, 1.82) is 5.26 Å². The number of benzene rings is 1. The Balaban J connectivity index is 2.21. The van der Waals surface area contributed by atoms with E-state index in [2.05, 4.69) is 20.5 Å². The van der Waals surface area contributed by atoms with Crippen molar-refractivity contribution in [3.8, 4) is 17.5 Å². The summed E-state index contributed by atoms with van der Waals surface area (Å²) in [5.41, 5.74) is 5.44. The maximum Gasteiger partial charge on any atom is 0.254 e. The van der Waals surface area contributed by atoms with E-state index >= 15 is 0 Å². The molecule has 0 aliphatic carbocycles. The fourth-order valence-electron chi connectivity index (χ4n) is 1.86. The molecule has 2 N–H and O–H groups in total. The number of hydrogen-bond acceptors (Lipinski definition) is 4. The molecular weight excluding hydrogens is 266 g/mol.